The zero-order valence-electron chi connectivity index (χ0n) is 15.2. The van der Waals surface area contributed by atoms with Gasteiger partial charge in [0.15, 0.2) is 0 Å². The van der Waals surface area contributed by atoms with Crippen LogP contribution in [0.1, 0.15) is 19.8 Å². The van der Waals surface area contributed by atoms with Crippen LogP contribution in [0, 0.1) is 0 Å². The fourth-order valence-corrected chi connectivity index (χ4v) is 3.96. The molecule has 0 amide bonds. The largest absolute Gasteiger partial charge is 0.464 e. The summed E-state index contributed by atoms with van der Waals surface area (Å²) in [6.07, 6.45) is 3.51. The molecule has 0 spiro atoms. The van der Waals surface area contributed by atoms with E-state index in [9.17, 15) is 4.79 Å². The van der Waals surface area contributed by atoms with E-state index in [4.69, 9.17) is 9.47 Å². The lowest BCUT2D eigenvalue weighted by atomic mass is 10.1. The van der Waals surface area contributed by atoms with Gasteiger partial charge in [-0.15, -0.1) is 0 Å². The van der Waals surface area contributed by atoms with Crippen LogP contribution in [0.15, 0.2) is 24.5 Å². The molecule has 140 valence electrons. The third-order valence-electron chi connectivity index (χ3n) is 5.49. The number of anilines is 1. The molecule has 2 aliphatic rings. The Hall–Kier alpha value is -2.12. The van der Waals surface area contributed by atoms with Gasteiger partial charge in [0.25, 0.3) is 6.47 Å². The number of hydrogen-bond donors (Lipinski definition) is 0. The Morgan fingerprint density at radius 3 is 2.92 bits per heavy atom. The minimum Gasteiger partial charge on any atom is -0.464 e. The molecular formula is C19H26N4O3. The Labute approximate surface area is 153 Å². The second-order valence-electron chi connectivity index (χ2n) is 6.93. The van der Waals surface area contributed by atoms with Crippen LogP contribution in [-0.4, -0.2) is 66.0 Å². The third-order valence-corrected chi connectivity index (χ3v) is 5.49. The number of imidazole rings is 1. The van der Waals surface area contributed by atoms with Crippen LogP contribution in [0.25, 0.3) is 11.0 Å². The third kappa shape index (κ3) is 3.41. The smallest absolute Gasteiger partial charge is 0.293 e. The number of hydrogen-bond acceptors (Lipinski definition) is 6. The van der Waals surface area contributed by atoms with Gasteiger partial charge in [0.2, 0.25) is 0 Å². The summed E-state index contributed by atoms with van der Waals surface area (Å²) in [5.41, 5.74) is 3.49. The first-order valence-electron chi connectivity index (χ1n) is 9.43. The molecular weight excluding hydrogens is 332 g/mol. The fraction of sp³-hybridized carbons (Fsp3) is 0.579. The van der Waals surface area contributed by atoms with Crippen molar-refractivity contribution in [1.29, 1.82) is 0 Å². The number of carbonyl (C=O) groups is 1. The lowest BCUT2D eigenvalue weighted by molar-refractivity contribution is -0.152. The van der Waals surface area contributed by atoms with Gasteiger partial charge in [-0.2, -0.15) is 0 Å². The Morgan fingerprint density at radius 1 is 1.31 bits per heavy atom. The van der Waals surface area contributed by atoms with Gasteiger partial charge >= 0.3 is 0 Å². The van der Waals surface area contributed by atoms with Crippen LogP contribution in [0.2, 0.25) is 0 Å². The van der Waals surface area contributed by atoms with Crippen LogP contribution < -0.4 is 4.90 Å². The topological polar surface area (TPSA) is 59.8 Å². The molecule has 0 saturated carbocycles. The van der Waals surface area contributed by atoms with Gasteiger partial charge in [-0.1, -0.05) is 0 Å². The van der Waals surface area contributed by atoms with Crippen LogP contribution in [0.5, 0.6) is 0 Å². The summed E-state index contributed by atoms with van der Waals surface area (Å²) in [5.74, 6) is 0. The first-order valence-corrected chi connectivity index (χ1v) is 9.43. The summed E-state index contributed by atoms with van der Waals surface area (Å²) in [4.78, 5) is 19.8. The van der Waals surface area contributed by atoms with E-state index in [2.05, 4.69) is 44.5 Å². The summed E-state index contributed by atoms with van der Waals surface area (Å²) in [7, 11) is 0. The molecule has 3 heterocycles. The number of aryl methyl sites for hydroxylation is 1. The number of fused-ring (bicyclic) bond motifs is 1. The normalized spacial score (nSPS) is 24.7. The molecule has 7 nitrogen and oxygen atoms in total. The van der Waals surface area contributed by atoms with Gasteiger partial charge in [0.1, 0.15) is 12.3 Å². The number of carbonyl (C=O) groups excluding carboxylic acids is 1. The SMILES string of the molecule is CCn1cnc2ccc(N3CCN(C4CC(OC=O)CCO4)CC3)cc21. The van der Waals surface area contributed by atoms with E-state index in [1.54, 1.807) is 0 Å². The van der Waals surface area contributed by atoms with Gasteiger partial charge in [0.05, 0.1) is 24.0 Å². The van der Waals surface area contributed by atoms with E-state index in [-0.39, 0.29) is 12.3 Å². The molecule has 1 aromatic carbocycles. The first kappa shape index (κ1) is 17.3. The average Bonchev–Trinajstić information content (AvgIpc) is 3.11. The zero-order chi connectivity index (χ0) is 17.9. The molecule has 2 unspecified atom stereocenters. The van der Waals surface area contributed by atoms with Crippen molar-refractivity contribution in [3.63, 3.8) is 0 Å². The number of piperazine rings is 1. The fourth-order valence-electron chi connectivity index (χ4n) is 3.96. The number of benzene rings is 1. The van der Waals surface area contributed by atoms with Gasteiger partial charge in [-0.05, 0) is 25.1 Å². The number of ether oxygens (including phenoxy) is 2. The Bertz CT molecular complexity index is 754. The minimum absolute atomic E-state index is 0.0129. The molecule has 7 heteroatoms. The molecule has 2 atom stereocenters. The van der Waals surface area contributed by atoms with Crippen molar-refractivity contribution < 1.29 is 14.3 Å². The molecule has 0 radical (unpaired) electrons. The second-order valence-corrected chi connectivity index (χ2v) is 6.93. The molecule has 0 N–H and O–H groups in total. The quantitative estimate of drug-likeness (QED) is 0.761. The molecule has 0 bridgehead atoms. The number of rotatable bonds is 5. The van der Waals surface area contributed by atoms with E-state index in [1.807, 2.05) is 6.33 Å². The first-order chi connectivity index (χ1) is 12.8. The molecule has 2 aliphatic heterocycles. The summed E-state index contributed by atoms with van der Waals surface area (Å²) >= 11 is 0. The maximum absolute atomic E-state index is 10.6. The maximum Gasteiger partial charge on any atom is 0.293 e. The van der Waals surface area contributed by atoms with Gasteiger partial charge in [0, 0.05) is 51.3 Å². The monoisotopic (exact) mass is 358 g/mol. The molecule has 0 aliphatic carbocycles. The van der Waals surface area contributed by atoms with Crippen molar-refractivity contribution in [3.8, 4) is 0 Å². The van der Waals surface area contributed by atoms with E-state index in [0.29, 0.717) is 13.1 Å². The Kier molecular flexibility index (Phi) is 5.08. The van der Waals surface area contributed by atoms with Crippen molar-refractivity contribution in [2.24, 2.45) is 0 Å². The molecule has 4 rings (SSSR count). The van der Waals surface area contributed by atoms with Crippen molar-refractivity contribution >= 4 is 23.2 Å². The van der Waals surface area contributed by atoms with Crippen molar-refractivity contribution in [2.75, 3.05) is 37.7 Å². The van der Waals surface area contributed by atoms with Gasteiger partial charge in [-0.25, -0.2) is 4.98 Å². The highest BCUT2D eigenvalue weighted by Crippen LogP contribution is 2.25. The molecule has 2 fully saturated rings. The standard InChI is InChI=1S/C19H26N4O3/c1-2-21-13-20-17-4-3-15(11-18(17)21)22-6-8-23(9-7-22)19-12-16(26-14-24)5-10-25-19/h3-4,11,13-14,16,19H,2,5-10,12H2,1H3. The van der Waals surface area contributed by atoms with Crippen LogP contribution in [0.4, 0.5) is 5.69 Å². The van der Waals surface area contributed by atoms with E-state index in [0.717, 1.165) is 51.1 Å². The van der Waals surface area contributed by atoms with Crippen molar-refractivity contribution in [2.45, 2.75) is 38.6 Å². The minimum atomic E-state index is -0.0129. The second kappa shape index (κ2) is 7.63. The summed E-state index contributed by atoms with van der Waals surface area (Å²) in [6.45, 7) is 8.10. The highest BCUT2D eigenvalue weighted by atomic mass is 16.5. The van der Waals surface area contributed by atoms with Crippen LogP contribution in [0.3, 0.4) is 0 Å². The Morgan fingerprint density at radius 2 is 2.15 bits per heavy atom. The predicted molar refractivity (Wildman–Crippen MR) is 99.1 cm³/mol. The molecule has 26 heavy (non-hydrogen) atoms. The number of nitrogens with zero attached hydrogens (tertiary/aromatic N) is 4. The number of aromatic nitrogens is 2. The summed E-state index contributed by atoms with van der Waals surface area (Å²) in [6, 6.07) is 6.51. The van der Waals surface area contributed by atoms with Crippen LogP contribution >= 0.6 is 0 Å². The Balaban J connectivity index is 1.39. The van der Waals surface area contributed by atoms with E-state index < -0.39 is 0 Å². The summed E-state index contributed by atoms with van der Waals surface area (Å²) < 4.78 is 13.2. The van der Waals surface area contributed by atoms with Gasteiger partial charge < -0.3 is 18.9 Å². The molecule has 2 aromatic rings. The highest BCUT2D eigenvalue weighted by Gasteiger charge is 2.30. The van der Waals surface area contributed by atoms with E-state index >= 15 is 0 Å². The van der Waals surface area contributed by atoms with Crippen LogP contribution in [-0.2, 0) is 20.8 Å². The zero-order valence-corrected chi connectivity index (χ0v) is 15.2. The van der Waals surface area contributed by atoms with E-state index in [1.165, 1.54) is 11.2 Å². The predicted octanol–water partition coefficient (Wildman–Crippen LogP) is 1.86. The molecule has 2 saturated heterocycles. The lowest BCUT2D eigenvalue weighted by Gasteiger charge is -2.42. The average molecular weight is 358 g/mol. The lowest BCUT2D eigenvalue weighted by Crippen LogP contribution is -2.53. The molecule has 1 aromatic heterocycles. The highest BCUT2D eigenvalue weighted by molar-refractivity contribution is 5.80. The summed E-state index contributed by atoms with van der Waals surface area (Å²) in [5, 5.41) is 0. The van der Waals surface area contributed by atoms with Crippen molar-refractivity contribution in [3.05, 3.63) is 24.5 Å². The van der Waals surface area contributed by atoms with Crippen molar-refractivity contribution in [1.82, 2.24) is 14.5 Å². The maximum atomic E-state index is 10.6. The van der Waals surface area contributed by atoms with Gasteiger partial charge in [-0.3, -0.25) is 9.69 Å².